The monoisotopic (exact) mass is 274 g/mol. The summed E-state index contributed by atoms with van der Waals surface area (Å²) in [6.07, 6.45) is 5.64. The van der Waals surface area contributed by atoms with Crippen molar-refractivity contribution in [2.45, 2.75) is 31.6 Å². The molecule has 1 heterocycles. The lowest BCUT2D eigenvalue weighted by Gasteiger charge is -2.28. The van der Waals surface area contributed by atoms with E-state index in [9.17, 15) is 0 Å². The minimum absolute atomic E-state index is 0.257. The second-order valence-corrected chi connectivity index (χ2v) is 5.47. The number of hydrogen-bond acceptors (Lipinski definition) is 3. The molecule has 0 amide bonds. The minimum atomic E-state index is 0.257. The van der Waals surface area contributed by atoms with Crippen LogP contribution in [0.25, 0.3) is 0 Å². The highest BCUT2D eigenvalue weighted by atomic mass is 35.5. The Morgan fingerprint density at radius 3 is 2.68 bits per heavy atom. The van der Waals surface area contributed by atoms with Crippen LogP contribution in [0, 0.1) is 0 Å². The average molecular weight is 275 g/mol. The standard InChI is InChI=1S/C15H15ClN2O/c1-10-2-7-13(15-18-17-9-19-15)14(8-10)11-3-5-12(16)6-4-11/h2-6,9,13-14H,7-8H2,1H3. The number of allylic oxidation sites excluding steroid dienone is 2. The van der Waals surface area contributed by atoms with Crippen molar-refractivity contribution >= 4 is 11.6 Å². The number of benzene rings is 1. The number of halogens is 1. The smallest absolute Gasteiger partial charge is 0.220 e. The molecular weight excluding hydrogens is 260 g/mol. The Kier molecular flexibility index (Phi) is 3.38. The van der Waals surface area contributed by atoms with Crippen molar-refractivity contribution in [1.82, 2.24) is 10.2 Å². The fraction of sp³-hybridized carbons (Fsp3) is 0.333. The first-order valence-electron chi connectivity index (χ1n) is 6.41. The molecule has 1 aromatic carbocycles. The summed E-state index contributed by atoms with van der Waals surface area (Å²) < 4.78 is 5.41. The second kappa shape index (κ2) is 5.17. The van der Waals surface area contributed by atoms with Crippen molar-refractivity contribution < 1.29 is 4.42 Å². The van der Waals surface area contributed by atoms with Gasteiger partial charge in [0.25, 0.3) is 0 Å². The van der Waals surface area contributed by atoms with Crippen LogP contribution >= 0.6 is 11.6 Å². The first kappa shape index (κ1) is 12.4. The van der Waals surface area contributed by atoms with E-state index < -0.39 is 0 Å². The molecule has 0 fully saturated rings. The Bertz CT molecular complexity index is 575. The third kappa shape index (κ3) is 2.56. The Morgan fingerprint density at radius 1 is 1.21 bits per heavy atom. The van der Waals surface area contributed by atoms with E-state index in [1.54, 1.807) is 0 Å². The summed E-state index contributed by atoms with van der Waals surface area (Å²) in [7, 11) is 0. The lowest BCUT2D eigenvalue weighted by Crippen LogP contribution is -2.15. The molecule has 0 saturated carbocycles. The molecule has 1 aliphatic rings. The quantitative estimate of drug-likeness (QED) is 0.765. The molecule has 19 heavy (non-hydrogen) atoms. The predicted octanol–water partition coefficient (Wildman–Crippen LogP) is 4.33. The fourth-order valence-electron chi connectivity index (χ4n) is 2.74. The summed E-state index contributed by atoms with van der Waals surface area (Å²) in [5.41, 5.74) is 2.69. The van der Waals surface area contributed by atoms with Gasteiger partial charge in [-0.1, -0.05) is 35.4 Å². The van der Waals surface area contributed by atoms with Crippen LogP contribution in [0.4, 0.5) is 0 Å². The lowest BCUT2D eigenvalue weighted by atomic mass is 9.76. The highest BCUT2D eigenvalue weighted by molar-refractivity contribution is 6.30. The molecule has 0 saturated heterocycles. The molecule has 0 bridgehead atoms. The molecule has 1 aromatic heterocycles. The van der Waals surface area contributed by atoms with Gasteiger partial charge >= 0.3 is 0 Å². The summed E-state index contributed by atoms with van der Waals surface area (Å²) in [5.74, 6) is 1.36. The molecule has 0 spiro atoms. The van der Waals surface area contributed by atoms with Crippen LogP contribution in [0.15, 0.2) is 46.7 Å². The second-order valence-electron chi connectivity index (χ2n) is 5.03. The zero-order chi connectivity index (χ0) is 13.2. The molecule has 3 nitrogen and oxygen atoms in total. The van der Waals surface area contributed by atoms with E-state index >= 15 is 0 Å². The van der Waals surface area contributed by atoms with Gasteiger partial charge in [-0.15, -0.1) is 10.2 Å². The molecule has 0 N–H and O–H groups in total. The first-order chi connectivity index (χ1) is 9.24. The molecular formula is C15H15ClN2O. The molecule has 0 aliphatic heterocycles. The molecule has 4 heteroatoms. The van der Waals surface area contributed by atoms with E-state index in [2.05, 4.69) is 35.3 Å². The topological polar surface area (TPSA) is 38.9 Å². The van der Waals surface area contributed by atoms with Gasteiger partial charge in [0.05, 0.1) is 0 Å². The van der Waals surface area contributed by atoms with Gasteiger partial charge in [0, 0.05) is 10.9 Å². The largest absolute Gasteiger partial charge is 0.428 e. The number of aromatic nitrogens is 2. The predicted molar refractivity (Wildman–Crippen MR) is 74.2 cm³/mol. The van der Waals surface area contributed by atoms with Crippen molar-refractivity contribution in [3.05, 3.63) is 58.8 Å². The third-order valence-electron chi connectivity index (χ3n) is 3.74. The van der Waals surface area contributed by atoms with Gasteiger partial charge in [0.15, 0.2) is 0 Å². The Labute approximate surface area is 117 Å². The van der Waals surface area contributed by atoms with E-state index in [1.165, 1.54) is 17.5 Å². The van der Waals surface area contributed by atoms with E-state index in [0.717, 1.165) is 23.8 Å². The summed E-state index contributed by atoms with van der Waals surface area (Å²) in [6, 6.07) is 8.06. The summed E-state index contributed by atoms with van der Waals surface area (Å²) in [5, 5.41) is 8.65. The van der Waals surface area contributed by atoms with Crippen molar-refractivity contribution in [2.24, 2.45) is 0 Å². The number of hydrogen-bond donors (Lipinski definition) is 0. The van der Waals surface area contributed by atoms with Crippen molar-refractivity contribution in [2.75, 3.05) is 0 Å². The van der Waals surface area contributed by atoms with Gasteiger partial charge in [-0.3, -0.25) is 0 Å². The zero-order valence-electron chi connectivity index (χ0n) is 10.7. The fourth-order valence-corrected chi connectivity index (χ4v) is 2.87. The SMILES string of the molecule is CC1=CCC(c2nnco2)C(c2ccc(Cl)cc2)C1. The molecule has 2 unspecified atom stereocenters. The molecule has 0 radical (unpaired) electrons. The van der Waals surface area contributed by atoms with Gasteiger partial charge in [0.2, 0.25) is 12.3 Å². The molecule has 3 rings (SSSR count). The van der Waals surface area contributed by atoms with E-state index in [0.29, 0.717) is 5.92 Å². The average Bonchev–Trinajstić information content (AvgIpc) is 2.93. The van der Waals surface area contributed by atoms with Crippen LogP contribution in [0.5, 0.6) is 0 Å². The molecule has 98 valence electrons. The van der Waals surface area contributed by atoms with Crippen LogP contribution in [0.2, 0.25) is 5.02 Å². The van der Waals surface area contributed by atoms with Crippen LogP contribution in [-0.4, -0.2) is 10.2 Å². The maximum atomic E-state index is 5.96. The zero-order valence-corrected chi connectivity index (χ0v) is 11.5. The van der Waals surface area contributed by atoms with Gasteiger partial charge in [-0.05, 0) is 43.4 Å². The van der Waals surface area contributed by atoms with Gasteiger partial charge < -0.3 is 4.42 Å². The van der Waals surface area contributed by atoms with Crippen LogP contribution in [0.1, 0.15) is 43.1 Å². The van der Waals surface area contributed by atoms with Gasteiger partial charge in [-0.25, -0.2) is 0 Å². The van der Waals surface area contributed by atoms with Crippen molar-refractivity contribution in [3.8, 4) is 0 Å². The van der Waals surface area contributed by atoms with E-state index in [-0.39, 0.29) is 5.92 Å². The Balaban J connectivity index is 1.96. The van der Waals surface area contributed by atoms with Crippen molar-refractivity contribution in [3.63, 3.8) is 0 Å². The normalized spacial score (nSPS) is 23.2. The van der Waals surface area contributed by atoms with Crippen molar-refractivity contribution in [1.29, 1.82) is 0 Å². The summed E-state index contributed by atoms with van der Waals surface area (Å²) in [6.45, 7) is 2.17. The Morgan fingerprint density at radius 2 is 2.00 bits per heavy atom. The highest BCUT2D eigenvalue weighted by Gasteiger charge is 2.30. The summed E-state index contributed by atoms with van der Waals surface area (Å²) >= 11 is 5.96. The first-order valence-corrected chi connectivity index (χ1v) is 6.79. The highest BCUT2D eigenvalue weighted by Crippen LogP contribution is 2.42. The third-order valence-corrected chi connectivity index (χ3v) is 3.99. The lowest BCUT2D eigenvalue weighted by molar-refractivity contribution is 0.391. The van der Waals surface area contributed by atoms with Crippen LogP contribution in [0.3, 0.4) is 0 Å². The molecule has 1 aliphatic carbocycles. The maximum absolute atomic E-state index is 5.96. The minimum Gasteiger partial charge on any atom is -0.428 e. The number of rotatable bonds is 2. The van der Waals surface area contributed by atoms with E-state index in [1.807, 2.05) is 12.1 Å². The van der Waals surface area contributed by atoms with Gasteiger partial charge in [0.1, 0.15) is 0 Å². The van der Waals surface area contributed by atoms with Crippen LogP contribution in [-0.2, 0) is 0 Å². The van der Waals surface area contributed by atoms with Crippen LogP contribution < -0.4 is 0 Å². The molecule has 2 atom stereocenters. The summed E-state index contributed by atoms with van der Waals surface area (Å²) in [4.78, 5) is 0. The maximum Gasteiger partial charge on any atom is 0.220 e. The van der Waals surface area contributed by atoms with Gasteiger partial charge in [-0.2, -0.15) is 0 Å². The molecule has 2 aromatic rings. The number of nitrogens with zero attached hydrogens (tertiary/aromatic N) is 2. The van der Waals surface area contributed by atoms with E-state index in [4.69, 9.17) is 16.0 Å². The Hall–Kier alpha value is -1.61.